The highest BCUT2D eigenvalue weighted by Gasteiger charge is 2.34. The minimum Gasteiger partial charge on any atom is -0.435 e. The van der Waals surface area contributed by atoms with Crippen molar-refractivity contribution in [1.82, 2.24) is 9.55 Å². The third kappa shape index (κ3) is 2.74. The first kappa shape index (κ1) is 17.9. The molecule has 29 heavy (non-hydrogen) atoms. The third-order valence-electron chi connectivity index (χ3n) is 4.97. The number of fused-ring (bicyclic) bond motifs is 2. The minimum absolute atomic E-state index is 0.0202. The van der Waals surface area contributed by atoms with Crippen LogP contribution >= 0.6 is 23.2 Å². The van der Waals surface area contributed by atoms with E-state index in [0.717, 1.165) is 11.3 Å². The summed E-state index contributed by atoms with van der Waals surface area (Å²) < 4.78 is 7.70. The van der Waals surface area contributed by atoms with Crippen LogP contribution in [0, 0.1) is 0 Å². The van der Waals surface area contributed by atoms with Crippen LogP contribution in [0.3, 0.4) is 0 Å². The van der Waals surface area contributed by atoms with Gasteiger partial charge in [-0.05, 0) is 17.7 Å². The summed E-state index contributed by atoms with van der Waals surface area (Å²) in [6.45, 7) is 0. The standard InChI is InChI=1S/C22H12Cl2N2O3/c1-26-17(11-5-3-2-4-6-11)10-18-22(26)25-19(29-18)9-14-20(27)12-7-15(23)16(24)8-13(12)21(14)28/h2-10H,1H3. The number of nitrogens with zero attached hydrogens (tertiary/aromatic N) is 2. The smallest absolute Gasteiger partial charge is 0.222 e. The summed E-state index contributed by atoms with van der Waals surface area (Å²) in [4.78, 5) is 29.8. The number of benzene rings is 2. The Labute approximate surface area is 175 Å². The molecule has 0 N–H and O–H groups in total. The fourth-order valence-corrected chi connectivity index (χ4v) is 3.86. The molecule has 5 rings (SSSR count). The molecule has 0 amide bonds. The van der Waals surface area contributed by atoms with Gasteiger partial charge in [-0.3, -0.25) is 9.59 Å². The zero-order valence-corrected chi connectivity index (χ0v) is 16.6. The number of ketones is 2. The van der Waals surface area contributed by atoms with Crippen LogP contribution in [0.5, 0.6) is 0 Å². The van der Waals surface area contributed by atoms with E-state index in [1.54, 1.807) is 0 Å². The molecule has 142 valence electrons. The molecule has 0 bridgehead atoms. The number of allylic oxidation sites excluding steroid dienone is 1. The van der Waals surface area contributed by atoms with Crippen LogP contribution in [-0.4, -0.2) is 21.1 Å². The number of carbonyl (C=O) groups excluding carboxylic acids is 2. The number of hydrogen-bond acceptors (Lipinski definition) is 4. The Morgan fingerprint density at radius 1 is 0.966 bits per heavy atom. The van der Waals surface area contributed by atoms with Crippen LogP contribution < -0.4 is 0 Å². The van der Waals surface area contributed by atoms with Crippen molar-refractivity contribution in [3.63, 3.8) is 0 Å². The molecule has 2 aromatic carbocycles. The molecule has 0 saturated heterocycles. The first-order valence-electron chi connectivity index (χ1n) is 8.76. The second kappa shape index (κ2) is 6.44. The van der Waals surface area contributed by atoms with Crippen LogP contribution in [0.15, 0.2) is 58.5 Å². The first-order valence-corrected chi connectivity index (χ1v) is 9.51. The van der Waals surface area contributed by atoms with Crippen molar-refractivity contribution < 1.29 is 14.0 Å². The molecule has 2 aromatic heterocycles. The average Bonchev–Trinajstić information content (AvgIpc) is 3.32. The second-order valence-corrected chi connectivity index (χ2v) is 7.54. The van der Waals surface area contributed by atoms with Gasteiger partial charge in [-0.1, -0.05) is 53.5 Å². The number of rotatable bonds is 2. The zero-order chi connectivity index (χ0) is 20.3. The number of hydrogen-bond donors (Lipinski definition) is 0. The largest absolute Gasteiger partial charge is 0.435 e. The summed E-state index contributed by atoms with van der Waals surface area (Å²) in [5, 5.41) is 0.450. The lowest BCUT2D eigenvalue weighted by Crippen LogP contribution is -2.00. The van der Waals surface area contributed by atoms with Crippen LogP contribution in [0.2, 0.25) is 10.0 Å². The third-order valence-corrected chi connectivity index (χ3v) is 5.70. The summed E-state index contributed by atoms with van der Waals surface area (Å²) in [5.41, 5.74) is 3.63. The lowest BCUT2D eigenvalue weighted by molar-refractivity contribution is 0.0990. The predicted molar refractivity (Wildman–Crippen MR) is 112 cm³/mol. The van der Waals surface area contributed by atoms with E-state index in [0.29, 0.717) is 11.2 Å². The maximum Gasteiger partial charge on any atom is 0.222 e. The van der Waals surface area contributed by atoms with E-state index in [-0.39, 0.29) is 32.6 Å². The lowest BCUT2D eigenvalue weighted by atomic mass is 10.1. The summed E-state index contributed by atoms with van der Waals surface area (Å²) in [7, 11) is 1.88. The summed E-state index contributed by atoms with van der Waals surface area (Å²) >= 11 is 12.0. The lowest BCUT2D eigenvalue weighted by Gasteiger charge is -2.02. The molecule has 1 aliphatic rings. The molecule has 0 radical (unpaired) electrons. The SMILES string of the molecule is Cn1c(-c2ccccc2)cc2oc(C=C3C(=O)c4cc(Cl)c(Cl)cc4C3=O)nc21. The molecule has 7 heteroatoms. The molecular formula is C22H12Cl2N2O3. The summed E-state index contributed by atoms with van der Waals surface area (Å²) in [5.74, 6) is -0.654. The van der Waals surface area contributed by atoms with E-state index in [9.17, 15) is 9.59 Å². The van der Waals surface area contributed by atoms with Gasteiger partial charge in [-0.2, -0.15) is 4.98 Å². The Morgan fingerprint density at radius 3 is 2.17 bits per heavy atom. The maximum atomic E-state index is 12.7. The number of aromatic nitrogens is 2. The normalized spacial score (nSPS) is 13.4. The molecule has 0 aliphatic heterocycles. The van der Waals surface area contributed by atoms with Gasteiger partial charge >= 0.3 is 0 Å². The molecule has 0 spiro atoms. The van der Waals surface area contributed by atoms with Gasteiger partial charge in [0.1, 0.15) is 0 Å². The average molecular weight is 423 g/mol. The van der Waals surface area contributed by atoms with E-state index in [2.05, 4.69) is 4.98 Å². The van der Waals surface area contributed by atoms with Crippen molar-refractivity contribution in [2.24, 2.45) is 7.05 Å². The van der Waals surface area contributed by atoms with Crippen LogP contribution in [0.25, 0.3) is 28.6 Å². The van der Waals surface area contributed by atoms with E-state index in [1.165, 1.54) is 18.2 Å². The highest BCUT2D eigenvalue weighted by Crippen LogP contribution is 2.35. The van der Waals surface area contributed by atoms with E-state index < -0.39 is 11.6 Å². The number of carbonyl (C=O) groups is 2. The van der Waals surface area contributed by atoms with Gasteiger partial charge in [0, 0.05) is 30.3 Å². The molecule has 2 heterocycles. The highest BCUT2D eigenvalue weighted by atomic mass is 35.5. The monoisotopic (exact) mass is 422 g/mol. The van der Waals surface area contributed by atoms with E-state index in [1.807, 2.05) is 48.0 Å². The van der Waals surface area contributed by atoms with Crippen molar-refractivity contribution in [2.75, 3.05) is 0 Å². The number of Topliss-reactive ketones (excluding diaryl/α,β-unsaturated/α-hetero) is 2. The van der Waals surface area contributed by atoms with Gasteiger partial charge < -0.3 is 8.98 Å². The fourth-order valence-electron chi connectivity index (χ4n) is 3.53. The highest BCUT2D eigenvalue weighted by molar-refractivity contribution is 6.46. The van der Waals surface area contributed by atoms with Crippen molar-refractivity contribution in [3.05, 3.63) is 81.2 Å². The Hall–Kier alpha value is -3.15. The molecule has 1 aliphatic carbocycles. The first-order chi connectivity index (χ1) is 13.9. The Balaban J connectivity index is 1.56. The molecule has 0 fully saturated rings. The zero-order valence-electron chi connectivity index (χ0n) is 15.1. The van der Waals surface area contributed by atoms with Crippen molar-refractivity contribution in [2.45, 2.75) is 0 Å². The Morgan fingerprint density at radius 2 is 1.59 bits per heavy atom. The summed E-state index contributed by atoms with van der Waals surface area (Å²) in [6.07, 6.45) is 1.37. The van der Waals surface area contributed by atoms with Gasteiger partial charge in [0.2, 0.25) is 5.89 Å². The van der Waals surface area contributed by atoms with Gasteiger partial charge in [-0.15, -0.1) is 0 Å². The van der Waals surface area contributed by atoms with Crippen molar-refractivity contribution in [3.8, 4) is 11.3 Å². The van der Waals surface area contributed by atoms with Crippen molar-refractivity contribution in [1.29, 1.82) is 0 Å². The number of oxazole rings is 1. The van der Waals surface area contributed by atoms with Gasteiger partial charge in [0.25, 0.3) is 0 Å². The van der Waals surface area contributed by atoms with Crippen LogP contribution in [0.4, 0.5) is 0 Å². The predicted octanol–water partition coefficient (Wildman–Crippen LogP) is 5.60. The second-order valence-electron chi connectivity index (χ2n) is 6.72. The van der Waals surface area contributed by atoms with Gasteiger partial charge in [0.05, 0.1) is 21.3 Å². The Kier molecular flexibility index (Phi) is 3.98. The minimum atomic E-state index is -0.421. The topological polar surface area (TPSA) is 65.1 Å². The van der Waals surface area contributed by atoms with Gasteiger partial charge in [0.15, 0.2) is 22.8 Å². The molecular weight excluding hydrogens is 411 g/mol. The maximum absolute atomic E-state index is 12.7. The van der Waals surface area contributed by atoms with E-state index in [4.69, 9.17) is 27.6 Å². The molecule has 0 atom stereocenters. The van der Waals surface area contributed by atoms with Crippen LogP contribution in [0.1, 0.15) is 26.6 Å². The van der Waals surface area contributed by atoms with Crippen LogP contribution in [-0.2, 0) is 7.05 Å². The quantitative estimate of drug-likeness (QED) is 0.311. The molecule has 4 aromatic rings. The Bertz CT molecular complexity index is 1320. The number of aryl methyl sites for hydroxylation is 1. The van der Waals surface area contributed by atoms with E-state index >= 15 is 0 Å². The number of halogens is 2. The van der Waals surface area contributed by atoms with Crippen molar-refractivity contribution >= 4 is 52.1 Å². The summed E-state index contributed by atoms with van der Waals surface area (Å²) in [6, 6.07) is 14.6. The fraction of sp³-hybridized carbons (Fsp3) is 0.0455. The molecule has 5 nitrogen and oxygen atoms in total. The molecule has 0 saturated carbocycles. The molecule has 0 unspecified atom stereocenters. The van der Waals surface area contributed by atoms with Gasteiger partial charge in [-0.25, -0.2) is 0 Å².